The summed E-state index contributed by atoms with van der Waals surface area (Å²) in [4.78, 5) is 28.9. The van der Waals surface area contributed by atoms with E-state index in [4.69, 9.17) is 4.42 Å². The minimum atomic E-state index is -0.665. The van der Waals surface area contributed by atoms with E-state index in [1.165, 1.54) is 23.1 Å². The summed E-state index contributed by atoms with van der Waals surface area (Å²) in [5, 5.41) is 13.2. The second-order valence-corrected chi connectivity index (χ2v) is 9.59. The molecule has 5 heterocycles. The minimum absolute atomic E-state index is 0.0538. The van der Waals surface area contributed by atoms with Crippen LogP contribution in [0.4, 0.5) is 10.2 Å². The van der Waals surface area contributed by atoms with Crippen molar-refractivity contribution < 1.29 is 13.6 Å². The number of nitrogens with zero attached hydrogens (tertiary/aromatic N) is 7. The second-order valence-electron chi connectivity index (χ2n) is 9.59. The monoisotopic (exact) mass is 534 g/mol. The zero-order valence-electron chi connectivity index (χ0n) is 21.2. The Bertz CT molecular complexity index is 1850. The normalized spacial score (nSPS) is 15.5. The molecule has 40 heavy (non-hydrogen) atoms. The molecule has 1 aliphatic rings. The number of anilines is 1. The fourth-order valence-corrected chi connectivity index (χ4v) is 5.22. The molecule has 7 rings (SSSR count). The smallest absolute Gasteiger partial charge is 0.262 e. The summed E-state index contributed by atoms with van der Waals surface area (Å²) in [5.41, 5.74) is 2.26. The van der Waals surface area contributed by atoms with Crippen molar-refractivity contribution in [2.75, 3.05) is 18.0 Å². The molecule has 2 aromatic carbocycles. The number of halogens is 1. The first-order valence-electron chi connectivity index (χ1n) is 13.0. The van der Waals surface area contributed by atoms with Gasteiger partial charge in [0.2, 0.25) is 5.89 Å². The van der Waals surface area contributed by atoms with Gasteiger partial charge in [-0.3, -0.25) is 9.69 Å². The van der Waals surface area contributed by atoms with Gasteiger partial charge in [-0.25, -0.2) is 19.3 Å². The molecular formula is C29H23FN8O2. The van der Waals surface area contributed by atoms with Crippen LogP contribution >= 0.6 is 0 Å². The van der Waals surface area contributed by atoms with Gasteiger partial charge in [-0.1, -0.05) is 5.21 Å². The maximum absolute atomic E-state index is 15.7. The predicted octanol–water partition coefficient (Wildman–Crippen LogP) is 4.56. The van der Waals surface area contributed by atoms with Crippen molar-refractivity contribution in [3.63, 3.8) is 0 Å². The molecule has 4 aromatic heterocycles. The lowest BCUT2D eigenvalue weighted by Gasteiger charge is -2.34. The van der Waals surface area contributed by atoms with Crippen molar-refractivity contribution in [3.8, 4) is 17.1 Å². The highest BCUT2D eigenvalue weighted by Crippen LogP contribution is 2.32. The summed E-state index contributed by atoms with van der Waals surface area (Å²) in [5.74, 6) is -0.148. The van der Waals surface area contributed by atoms with E-state index in [0.717, 1.165) is 35.7 Å². The summed E-state index contributed by atoms with van der Waals surface area (Å²) in [6.45, 7) is 1.44. The SMILES string of the molecule is O=C(c1ccc(-n2nnc3cccnc32)cc1F)N(c1nccc2cc(-c3ncco3)ccc12)[C@@H]1CCCNC1. The summed E-state index contributed by atoms with van der Waals surface area (Å²) in [7, 11) is 0. The first kappa shape index (κ1) is 24.0. The first-order chi connectivity index (χ1) is 19.7. The van der Waals surface area contributed by atoms with E-state index in [9.17, 15) is 4.79 Å². The third kappa shape index (κ3) is 4.16. The molecule has 0 spiro atoms. The lowest BCUT2D eigenvalue weighted by molar-refractivity contribution is 0.0968. The lowest BCUT2D eigenvalue weighted by atomic mass is 10.0. The number of oxazole rings is 1. The summed E-state index contributed by atoms with van der Waals surface area (Å²) >= 11 is 0. The number of nitrogens with one attached hydrogen (secondary N) is 1. The molecule has 11 heteroatoms. The van der Waals surface area contributed by atoms with Crippen molar-refractivity contribution in [1.82, 2.24) is 35.3 Å². The maximum Gasteiger partial charge on any atom is 0.262 e. The number of piperidine rings is 1. The third-order valence-electron chi connectivity index (χ3n) is 7.14. The number of carbonyl (C=O) groups is 1. The largest absolute Gasteiger partial charge is 0.445 e. The second kappa shape index (κ2) is 9.93. The number of carbonyl (C=O) groups excluding carboxylic acids is 1. The molecule has 1 fully saturated rings. The van der Waals surface area contributed by atoms with Crippen LogP contribution in [-0.2, 0) is 0 Å². The van der Waals surface area contributed by atoms with Crippen LogP contribution in [0.25, 0.3) is 39.1 Å². The summed E-state index contributed by atoms with van der Waals surface area (Å²) in [6.07, 6.45) is 8.06. The molecule has 1 amide bonds. The van der Waals surface area contributed by atoms with Crippen LogP contribution in [0.5, 0.6) is 0 Å². The van der Waals surface area contributed by atoms with Crippen molar-refractivity contribution in [3.05, 3.63) is 90.8 Å². The van der Waals surface area contributed by atoms with Gasteiger partial charge in [0.15, 0.2) is 5.65 Å². The fourth-order valence-electron chi connectivity index (χ4n) is 5.22. The molecule has 1 N–H and O–H groups in total. The van der Waals surface area contributed by atoms with Gasteiger partial charge in [0.25, 0.3) is 5.91 Å². The summed E-state index contributed by atoms with van der Waals surface area (Å²) in [6, 6.07) is 15.4. The number of hydrogen-bond acceptors (Lipinski definition) is 8. The molecule has 0 saturated carbocycles. The maximum atomic E-state index is 15.7. The van der Waals surface area contributed by atoms with Crippen LogP contribution in [0.1, 0.15) is 23.2 Å². The standard InChI is InChI=1S/C29H23FN8O2/c30-24-16-20(38-27-25(35-36-38)4-2-11-32-27)6-8-23(24)29(39)37(21-3-1-10-31-17-21)26-22-7-5-19(28-34-13-14-40-28)15-18(22)9-12-33-26/h2,4-9,11-16,21,31H,1,3,10,17H2/t21-/m1/s1. The number of benzene rings is 2. The third-order valence-corrected chi connectivity index (χ3v) is 7.14. The van der Waals surface area contributed by atoms with Gasteiger partial charge in [0.05, 0.1) is 23.5 Å². The molecule has 1 saturated heterocycles. The Labute approximate surface area is 227 Å². The highest BCUT2D eigenvalue weighted by atomic mass is 19.1. The Hall–Kier alpha value is -5.03. The van der Waals surface area contributed by atoms with Crippen LogP contribution in [-0.4, -0.2) is 55.0 Å². The molecule has 0 aliphatic carbocycles. The Balaban J connectivity index is 1.30. The number of hydrogen-bond donors (Lipinski definition) is 1. The Morgan fingerprint density at radius 1 is 1.05 bits per heavy atom. The van der Waals surface area contributed by atoms with E-state index >= 15 is 4.39 Å². The van der Waals surface area contributed by atoms with Crippen LogP contribution < -0.4 is 10.2 Å². The molecule has 1 aliphatic heterocycles. The van der Waals surface area contributed by atoms with Crippen LogP contribution in [0.3, 0.4) is 0 Å². The van der Waals surface area contributed by atoms with Gasteiger partial charge < -0.3 is 9.73 Å². The first-order valence-corrected chi connectivity index (χ1v) is 13.0. The van der Waals surface area contributed by atoms with Crippen molar-refractivity contribution in [2.24, 2.45) is 0 Å². The molecule has 10 nitrogen and oxygen atoms in total. The molecule has 6 aromatic rings. The van der Waals surface area contributed by atoms with E-state index in [0.29, 0.717) is 35.1 Å². The zero-order valence-corrected chi connectivity index (χ0v) is 21.2. The van der Waals surface area contributed by atoms with Crippen LogP contribution in [0, 0.1) is 5.82 Å². The van der Waals surface area contributed by atoms with E-state index in [-0.39, 0.29) is 11.6 Å². The summed E-state index contributed by atoms with van der Waals surface area (Å²) < 4.78 is 22.6. The lowest BCUT2D eigenvalue weighted by Crippen LogP contribution is -2.49. The number of pyridine rings is 2. The van der Waals surface area contributed by atoms with E-state index in [2.05, 4.69) is 30.6 Å². The molecular weight excluding hydrogens is 511 g/mol. The number of amides is 1. The fraction of sp³-hybridized carbons (Fsp3) is 0.172. The van der Waals surface area contributed by atoms with Crippen molar-refractivity contribution >= 4 is 33.7 Å². The van der Waals surface area contributed by atoms with Crippen molar-refractivity contribution in [2.45, 2.75) is 18.9 Å². The predicted molar refractivity (Wildman–Crippen MR) is 147 cm³/mol. The average Bonchev–Trinajstić information content (AvgIpc) is 3.69. The number of fused-ring (bicyclic) bond motifs is 2. The molecule has 1 atom stereocenters. The van der Waals surface area contributed by atoms with E-state index in [1.807, 2.05) is 24.3 Å². The van der Waals surface area contributed by atoms with Crippen LogP contribution in [0.2, 0.25) is 0 Å². The van der Waals surface area contributed by atoms with Crippen LogP contribution in [0.15, 0.2) is 83.9 Å². The number of aromatic nitrogens is 6. The van der Waals surface area contributed by atoms with Gasteiger partial charge in [0.1, 0.15) is 23.4 Å². The molecule has 0 unspecified atom stereocenters. The van der Waals surface area contributed by atoms with Gasteiger partial charge in [-0.15, -0.1) is 5.10 Å². The molecule has 198 valence electrons. The quantitative estimate of drug-likeness (QED) is 0.342. The molecule has 0 radical (unpaired) electrons. The van der Waals surface area contributed by atoms with Gasteiger partial charge in [-0.2, -0.15) is 4.68 Å². The topological polar surface area (TPSA) is 115 Å². The molecule has 0 bridgehead atoms. The Morgan fingerprint density at radius 3 is 2.83 bits per heavy atom. The number of rotatable bonds is 5. The van der Waals surface area contributed by atoms with Crippen molar-refractivity contribution in [1.29, 1.82) is 0 Å². The van der Waals surface area contributed by atoms with E-state index in [1.54, 1.807) is 41.7 Å². The highest BCUT2D eigenvalue weighted by molar-refractivity contribution is 6.10. The average molecular weight is 535 g/mol. The Morgan fingerprint density at radius 2 is 2.00 bits per heavy atom. The Kier molecular flexibility index (Phi) is 5.97. The zero-order chi connectivity index (χ0) is 27.1. The van der Waals surface area contributed by atoms with E-state index < -0.39 is 11.7 Å². The highest BCUT2D eigenvalue weighted by Gasteiger charge is 2.31. The van der Waals surface area contributed by atoms with Gasteiger partial charge in [-0.05, 0) is 73.3 Å². The van der Waals surface area contributed by atoms with Gasteiger partial charge >= 0.3 is 0 Å². The minimum Gasteiger partial charge on any atom is -0.445 e. The van der Waals surface area contributed by atoms with Gasteiger partial charge in [0, 0.05) is 36.0 Å².